The molecule has 11 heteroatoms. The monoisotopic (exact) mass is 543 g/mol. The Hall–Kier alpha value is -2.21. The fraction of sp³-hybridized carbons (Fsp3) is 0.731. The molecule has 0 aliphatic carbocycles. The smallest absolute Gasteiger partial charge is 0.493 e. The molecule has 0 aromatic heterocycles. The molecule has 10 nitrogen and oxygen atoms in total. The first-order chi connectivity index (χ1) is 17.8. The molecule has 0 aliphatic heterocycles. The Morgan fingerprint density at radius 2 is 1.46 bits per heavy atom. The summed E-state index contributed by atoms with van der Waals surface area (Å²) in [6.07, 6.45) is 6.90. The summed E-state index contributed by atoms with van der Waals surface area (Å²) in [5, 5.41) is 11.5. The summed E-state index contributed by atoms with van der Waals surface area (Å²) in [6.45, 7) is 9.29. The average molecular weight is 544 g/mol. The number of methoxy groups -OCH3 is 2. The second kappa shape index (κ2) is 18.1. The van der Waals surface area contributed by atoms with Crippen molar-refractivity contribution in [3.8, 4) is 11.5 Å². The summed E-state index contributed by atoms with van der Waals surface area (Å²) < 4.78 is 34.2. The maximum atomic E-state index is 12.6. The van der Waals surface area contributed by atoms with E-state index in [0.29, 0.717) is 38.4 Å². The van der Waals surface area contributed by atoms with Gasteiger partial charge in [-0.15, -0.1) is 0 Å². The number of ether oxygens (including phenoxy) is 3. The third-order valence-corrected chi connectivity index (χ3v) is 9.70. The summed E-state index contributed by atoms with van der Waals surface area (Å²) in [6, 6.07) is 2.73. The second-order valence-corrected chi connectivity index (χ2v) is 11.5. The number of nitrogens with zero attached hydrogens (tertiary/aromatic N) is 1. The van der Waals surface area contributed by atoms with E-state index in [9.17, 15) is 14.9 Å². The van der Waals surface area contributed by atoms with Gasteiger partial charge in [0.2, 0.25) is 0 Å². The lowest BCUT2D eigenvalue weighted by molar-refractivity contribution is -0.385. The van der Waals surface area contributed by atoms with Crippen molar-refractivity contribution in [2.45, 2.75) is 91.2 Å². The van der Waals surface area contributed by atoms with Gasteiger partial charge in [0.15, 0.2) is 11.5 Å². The van der Waals surface area contributed by atoms with Crippen LogP contribution in [-0.4, -0.2) is 53.7 Å². The summed E-state index contributed by atoms with van der Waals surface area (Å²) >= 11 is 0. The van der Waals surface area contributed by atoms with E-state index in [1.54, 1.807) is 0 Å². The average Bonchev–Trinajstić information content (AvgIpc) is 2.88. The van der Waals surface area contributed by atoms with Crippen molar-refractivity contribution < 1.29 is 37.2 Å². The SMILES string of the molecule is CCCCCCC(CCCC(=O)OCc1cc(OC)c(OC)cc1[N+](=O)[O-])[Si](OCC)(OCC)OCC. The summed E-state index contributed by atoms with van der Waals surface area (Å²) in [7, 11) is -0.0808. The van der Waals surface area contributed by atoms with E-state index < -0.39 is 19.7 Å². The molecule has 0 radical (unpaired) electrons. The molecule has 0 amide bonds. The van der Waals surface area contributed by atoms with Crippen LogP contribution >= 0.6 is 0 Å². The number of hydrogen-bond donors (Lipinski definition) is 0. The van der Waals surface area contributed by atoms with Crippen molar-refractivity contribution in [3.05, 3.63) is 27.8 Å². The van der Waals surface area contributed by atoms with Gasteiger partial charge in [-0.2, -0.15) is 0 Å². The minimum atomic E-state index is -2.92. The van der Waals surface area contributed by atoms with Crippen molar-refractivity contribution in [1.82, 2.24) is 0 Å². The van der Waals surface area contributed by atoms with E-state index in [1.807, 2.05) is 20.8 Å². The lowest BCUT2D eigenvalue weighted by Gasteiger charge is -2.35. The molecule has 0 N–H and O–H groups in total. The first-order valence-electron chi connectivity index (χ1n) is 13.3. The molecule has 0 saturated carbocycles. The van der Waals surface area contributed by atoms with Crippen LogP contribution in [-0.2, 0) is 29.4 Å². The second-order valence-electron chi connectivity index (χ2n) is 8.59. The number of benzene rings is 1. The van der Waals surface area contributed by atoms with E-state index in [4.69, 9.17) is 27.5 Å². The molecule has 1 aromatic carbocycles. The fourth-order valence-electron chi connectivity index (χ4n) is 4.32. The molecule has 0 bridgehead atoms. The summed E-state index contributed by atoms with van der Waals surface area (Å²) in [5.41, 5.74) is 0.128. The molecule has 0 saturated heterocycles. The zero-order valence-corrected chi connectivity index (χ0v) is 24.3. The lowest BCUT2D eigenvalue weighted by Crippen LogP contribution is -2.50. The maximum absolute atomic E-state index is 12.6. The highest BCUT2D eigenvalue weighted by Crippen LogP contribution is 2.37. The van der Waals surface area contributed by atoms with E-state index in [2.05, 4.69) is 6.92 Å². The molecular weight excluding hydrogens is 498 g/mol. The van der Waals surface area contributed by atoms with E-state index >= 15 is 0 Å². The molecular formula is C26H45NO9Si. The van der Waals surface area contributed by atoms with Crippen molar-refractivity contribution in [2.75, 3.05) is 34.0 Å². The molecule has 0 spiro atoms. The van der Waals surface area contributed by atoms with E-state index in [0.717, 1.165) is 25.7 Å². The van der Waals surface area contributed by atoms with Crippen LogP contribution in [0.5, 0.6) is 11.5 Å². The topological polar surface area (TPSA) is 116 Å². The van der Waals surface area contributed by atoms with E-state index in [1.165, 1.54) is 32.8 Å². The summed E-state index contributed by atoms with van der Waals surface area (Å²) in [4.78, 5) is 23.5. The number of nitro groups is 1. The van der Waals surface area contributed by atoms with Gasteiger partial charge in [-0.25, -0.2) is 0 Å². The molecule has 1 rings (SSSR count). The summed E-state index contributed by atoms with van der Waals surface area (Å²) in [5.74, 6) is 0.138. The number of rotatable bonds is 21. The van der Waals surface area contributed by atoms with Gasteiger partial charge in [-0.1, -0.05) is 32.6 Å². The normalized spacial score (nSPS) is 12.3. The molecule has 0 fully saturated rings. The highest BCUT2D eigenvalue weighted by molar-refractivity contribution is 6.62. The number of hydrogen-bond acceptors (Lipinski definition) is 9. The van der Waals surface area contributed by atoms with Crippen LogP contribution in [0.15, 0.2) is 12.1 Å². The number of carbonyl (C=O) groups is 1. The van der Waals surface area contributed by atoms with Gasteiger partial charge in [0.1, 0.15) is 6.61 Å². The van der Waals surface area contributed by atoms with Crippen LogP contribution in [0.1, 0.15) is 84.6 Å². The molecule has 37 heavy (non-hydrogen) atoms. The molecule has 0 heterocycles. The zero-order chi connectivity index (χ0) is 27.7. The Kier molecular flexibility index (Phi) is 16.1. The Morgan fingerprint density at radius 3 is 1.97 bits per heavy atom. The van der Waals surface area contributed by atoms with Crippen molar-refractivity contribution in [2.24, 2.45) is 0 Å². The first-order valence-corrected chi connectivity index (χ1v) is 15.1. The number of unbranched alkanes of at least 4 members (excludes halogenated alkanes) is 3. The predicted molar refractivity (Wildman–Crippen MR) is 143 cm³/mol. The minimum Gasteiger partial charge on any atom is -0.493 e. The van der Waals surface area contributed by atoms with Crippen LogP contribution in [0.3, 0.4) is 0 Å². The highest BCUT2D eigenvalue weighted by atomic mass is 28.4. The van der Waals surface area contributed by atoms with Crippen LogP contribution < -0.4 is 9.47 Å². The number of esters is 1. The van der Waals surface area contributed by atoms with Gasteiger partial charge in [0, 0.05) is 31.8 Å². The van der Waals surface area contributed by atoms with Gasteiger partial charge < -0.3 is 27.5 Å². The molecule has 1 unspecified atom stereocenters. The molecule has 0 aliphatic rings. The van der Waals surface area contributed by atoms with Gasteiger partial charge in [0.05, 0.1) is 30.8 Å². The van der Waals surface area contributed by atoms with Crippen molar-refractivity contribution in [3.63, 3.8) is 0 Å². The van der Waals surface area contributed by atoms with Crippen LogP contribution in [0.2, 0.25) is 5.54 Å². The number of carbonyl (C=O) groups excluding carboxylic acids is 1. The van der Waals surface area contributed by atoms with Gasteiger partial charge in [-0.05, 0) is 46.1 Å². The Bertz CT molecular complexity index is 804. The third-order valence-electron chi connectivity index (χ3n) is 6.05. The minimum absolute atomic E-state index is 0.0870. The third kappa shape index (κ3) is 10.6. The van der Waals surface area contributed by atoms with Gasteiger partial charge in [0.25, 0.3) is 5.69 Å². The van der Waals surface area contributed by atoms with Gasteiger partial charge in [-0.3, -0.25) is 14.9 Å². The van der Waals surface area contributed by atoms with Crippen molar-refractivity contribution >= 4 is 20.5 Å². The van der Waals surface area contributed by atoms with Gasteiger partial charge >= 0.3 is 14.8 Å². The van der Waals surface area contributed by atoms with Crippen molar-refractivity contribution in [1.29, 1.82) is 0 Å². The largest absolute Gasteiger partial charge is 0.504 e. The quantitative estimate of drug-likeness (QED) is 0.0586. The van der Waals surface area contributed by atoms with Crippen LogP contribution in [0.4, 0.5) is 5.69 Å². The molecule has 1 atom stereocenters. The highest BCUT2D eigenvalue weighted by Gasteiger charge is 2.48. The number of nitro benzene ring substituents is 1. The van der Waals surface area contributed by atoms with E-state index in [-0.39, 0.29) is 35.6 Å². The zero-order valence-electron chi connectivity index (χ0n) is 23.3. The van der Waals surface area contributed by atoms with Crippen LogP contribution in [0.25, 0.3) is 0 Å². The Labute approximate surface area is 222 Å². The maximum Gasteiger partial charge on any atom is 0.504 e. The standard InChI is InChI=1S/C26H45NO9Si/c1-7-11-12-13-15-22(37(34-8-2,35-9-3)36-10-4)16-14-17-26(28)33-20-21-18-24(31-5)25(32-6)19-23(21)27(29)30/h18-19,22H,7-17,20H2,1-6H3. The molecule has 212 valence electrons. The molecule has 1 aromatic rings. The lowest BCUT2D eigenvalue weighted by atomic mass is 10.1. The Morgan fingerprint density at radius 1 is 0.892 bits per heavy atom. The first kappa shape index (κ1) is 32.8. The predicted octanol–water partition coefficient (Wildman–Crippen LogP) is 6.21. The fourth-order valence-corrected chi connectivity index (χ4v) is 7.60. The Balaban J connectivity index is 2.86. The van der Waals surface area contributed by atoms with Crippen LogP contribution in [0, 0.1) is 10.1 Å².